The van der Waals surface area contributed by atoms with Crippen molar-refractivity contribution < 1.29 is 4.79 Å². The first-order valence-electron chi connectivity index (χ1n) is 6.38. The summed E-state index contributed by atoms with van der Waals surface area (Å²) in [6.45, 7) is 7.69. The molecule has 0 aromatic rings. The highest BCUT2D eigenvalue weighted by Crippen LogP contribution is 2.17. The molecule has 0 rings (SSSR count). The molecule has 0 amide bonds. The van der Waals surface area contributed by atoms with Gasteiger partial charge in [0.1, 0.15) is 5.78 Å². The van der Waals surface area contributed by atoms with Gasteiger partial charge in [-0.3, -0.25) is 4.79 Å². The van der Waals surface area contributed by atoms with Crippen molar-refractivity contribution in [3.8, 4) is 0 Å². The van der Waals surface area contributed by atoms with Gasteiger partial charge in [-0.1, -0.05) is 68.2 Å². The first-order chi connectivity index (χ1) is 7.59. The molecule has 2 heteroatoms. The third-order valence-electron chi connectivity index (χ3n) is 2.74. The Labute approximate surface area is 114 Å². The zero-order chi connectivity index (χ0) is 12.4. The van der Waals surface area contributed by atoms with Crippen LogP contribution in [0.15, 0.2) is 12.7 Å². The van der Waals surface area contributed by atoms with Crippen LogP contribution in [0.2, 0.25) is 0 Å². The van der Waals surface area contributed by atoms with Crippen LogP contribution in [0, 0.1) is 5.92 Å². The number of ketones is 1. The van der Waals surface area contributed by atoms with Crippen LogP contribution in [0.4, 0.5) is 0 Å². The van der Waals surface area contributed by atoms with Crippen LogP contribution in [0.3, 0.4) is 0 Å². The van der Waals surface area contributed by atoms with E-state index in [9.17, 15) is 4.79 Å². The fourth-order valence-electron chi connectivity index (χ4n) is 1.65. The van der Waals surface area contributed by atoms with Crippen molar-refractivity contribution in [3.63, 3.8) is 0 Å². The maximum atomic E-state index is 11.6. The van der Waals surface area contributed by atoms with E-state index in [0.717, 1.165) is 12.8 Å². The Bertz CT molecular complexity index is 199. The van der Waals surface area contributed by atoms with E-state index in [-0.39, 0.29) is 9.84 Å². The molecule has 0 saturated carbocycles. The highest BCUT2D eigenvalue weighted by molar-refractivity contribution is 14.1. The molecule has 0 spiro atoms. The molecule has 1 atom stereocenters. The molecule has 0 fully saturated rings. The highest BCUT2D eigenvalue weighted by Gasteiger charge is 2.16. The van der Waals surface area contributed by atoms with Gasteiger partial charge in [-0.15, -0.1) is 6.58 Å². The summed E-state index contributed by atoms with van der Waals surface area (Å²) in [5.41, 5.74) is 0. The molecule has 0 saturated heterocycles. The summed E-state index contributed by atoms with van der Waals surface area (Å²) in [5, 5.41) is 0. The predicted octanol–water partition coefficient (Wildman–Crippen LogP) is 4.93. The summed E-state index contributed by atoms with van der Waals surface area (Å²) in [7, 11) is 0. The lowest BCUT2D eigenvalue weighted by Crippen LogP contribution is -2.19. The maximum Gasteiger partial charge on any atom is 0.148 e. The van der Waals surface area contributed by atoms with Crippen molar-refractivity contribution >= 4 is 28.4 Å². The van der Waals surface area contributed by atoms with Gasteiger partial charge in [-0.2, -0.15) is 0 Å². The van der Waals surface area contributed by atoms with Crippen LogP contribution in [-0.4, -0.2) is 9.71 Å². The zero-order valence-electron chi connectivity index (χ0n) is 10.7. The minimum Gasteiger partial charge on any atom is -0.298 e. The fourth-order valence-corrected chi connectivity index (χ4v) is 2.81. The van der Waals surface area contributed by atoms with Crippen molar-refractivity contribution in [2.24, 2.45) is 5.92 Å². The Hall–Kier alpha value is 0.140. The zero-order valence-corrected chi connectivity index (χ0v) is 12.8. The van der Waals surface area contributed by atoms with Gasteiger partial charge < -0.3 is 0 Å². The summed E-state index contributed by atoms with van der Waals surface area (Å²) in [5.74, 6) is 0.599. The van der Waals surface area contributed by atoms with Crippen molar-refractivity contribution in [3.05, 3.63) is 12.7 Å². The summed E-state index contributed by atoms with van der Waals surface area (Å²) in [6, 6.07) is 0. The van der Waals surface area contributed by atoms with E-state index in [4.69, 9.17) is 0 Å². The molecule has 0 bridgehead atoms. The average molecular weight is 336 g/mol. The molecule has 0 aromatic heterocycles. The van der Waals surface area contributed by atoms with Gasteiger partial charge in [0.05, 0.1) is 3.92 Å². The van der Waals surface area contributed by atoms with Gasteiger partial charge in [0, 0.05) is 5.92 Å². The Kier molecular flexibility index (Phi) is 10.4. The van der Waals surface area contributed by atoms with E-state index < -0.39 is 0 Å². The van der Waals surface area contributed by atoms with Gasteiger partial charge in [0.2, 0.25) is 0 Å². The minimum atomic E-state index is 0.189. The number of carbonyl (C=O) groups excluding carboxylic acids is 1. The Balaban J connectivity index is 3.37. The number of carbonyl (C=O) groups is 1. The number of hydrogen-bond acceptors (Lipinski definition) is 1. The molecule has 0 heterocycles. The summed E-state index contributed by atoms with van der Waals surface area (Å²) in [6.07, 6.45) is 10.5. The predicted molar refractivity (Wildman–Crippen MR) is 80.2 cm³/mol. The van der Waals surface area contributed by atoms with E-state index in [0.29, 0.717) is 5.78 Å². The third kappa shape index (κ3) is 8.31. The molecule has 0 N–H and O–H groups in total. The topological polar surface area (TPSA) is 17.1 Å². The summed E-state index contributed by atoms with van der Waals surface area (Å²) < 4.78 is 0.228. The monoisotopic (exact) mass is 336 g/mol. The summed E-state index contributed by atoms with van der Waals surface area (Å²) in [4.78, 5) is 11.6. The number of halogens is 1. The number of unbranched alkanes of at least 4 members (excludes halogenated alkanes) is 5. The van der Waals surface area contributed by atoms with Gasteiger partial charge in [0.25, 0.3) is 0 Å². The second kappa shape index (κ2) is 10.3. The summed E-state index contributed by atoms with van der Waals surface area (Å²) >= 11 is 2.29. The van der Waals surface area contributed by atoms with Crippen LogP contribution in [0.1, 0.15) is 58.8 Å². The largest absolute Gasteiger partial charge is 0.298 e. The molecular weight excluding hydrogens is 311 g/mol. The molecule has 16 heavy (non-hydrogen) atoms. The lowest BCUT2D eigenvalue weighted by molar-refractivity contribution is -0.121. The van der Waals surface area contributed by atoms with E-state index in [1.165, 1.54) is 32.1 Å². The minimum absolute atomic E-state index is 0.189. The van der Waals surface area contributed by atoms with Crippen molar-refractivity contribution in [1.29, 1.82) is 0 Å². The van der Waals surface area contributed by atoms with E-state index >= 15 is 0 Å². The molecule has 94 valence electrons. The lowest BCUT2D eigenvalue weighted by atomic mass is 10.0. The molecule has 1 nitrogen and oxygen atoms in total. The van der Waals surface area contributed by atoms with E-state index in [1.807, 2.05) is 19.9 Å². The van der Waals surface area contributed by atoms with Gasteiger partial charge >= 0.3 is 0 Å². The number of rotatable bonds is 10. The Morgan fingerprint density at radius 1 is 1.19 bits per heavy atom. The van der Waals surface area contributed by atoms with Gasteiger partial charge in [-0.05, 0) is 19.3 Å². The average Bonchev–Trinajstić information content (AvgIpc) is 2.26. The maximum absolute atomic E-state index is 11.6. The molecule has 0 aliphatic heterocycles. The smallest absolute Gasteiger partial charge is 0.148 e. The number of alkyl halides is 1. The molecule has 0 aromatic carbocycles. The van der Waals surface area contributed by atoms with Crippen LogP contribution >= 0.6 is 22.6 Å². The normalized spacial score (nSPS) is 12.8. The number of hydrogen-bond donors (Lipinski definition) is 0. The number of Topliss-reactive ketones (excluding diaryl/α,β-unsaturated/α-hetero) is 1. The number of allylic oxidation sites excluding steroid dienone is 1. The molecule has 0 aliphatic rings. The first kappa shape index (κ1) is 16.1. The van der Waals surface area contributed by atoms with Crippen molar-refractivity contribution in [1.82, 2.24) is 0 Å². The van der Waals surface area contributed by atoms with Crippen LogP contribution < -0.4 is 0 Å². The Morgan fingerprint density at radius 3 is 2.31 bits per heavy atom. The lowest BCUT2D eigenvalue weighted by Gasteiger charge is -2.10. The van der Waals surface area contributed by atoms with Crippen LogP contribution in [0.25, 0.3) is 0 Å². The molecule has 0 radical (unpaired) electrons. The van der Waals surface area contributed by atoms with Gasteiger partial charge in [0.15, 0.2) is 0 Å². The van der Waals surface area contributed by atoms with Crippen LogP contribution in [0.5, 0.6) is 0 Å². The van der Waals surface area contributed by atoms with Crippen LogP contribution in [-0.2, 0) is 4.79 Å². The second-order valence-corrected chi connectivity index (χ2v) is 6.16. The molecule has 0 aliphatic carbocycles. The van der Waals surface area contributed by atoms with Crippen molar-refractivity contribution in [2.45, 2.75) is 62.7 Å². The van der Waals surface area contributed by atoms with Crippen molar-refractivity contribution in [2.75, 3.05) is 0 Å². The van der Waals surface area contributed by atoms with E-state index in [2.05, 4.69) is 29.2 Å². The Morgan fingerprint density at radius 2 is 1.75 bits per heavy atom. The second-order valence-electron chi connectivity index (χ2n) is 4.66. The first-order valence-corrected chi connectivity index (χ1v) is 7.62. The van der Waals surface area contributed by atoms with E-state index in [1.54, 1.807) is 0 Å². The van der Waals surface area contributed by atoms with Gasteiger partial charge in [-0.25, -0.2) is 0 Å². The fraction of sp³-hybridized carbons (Fsp3) is 0.786. The molecular formula is C14H25IO. The SMILES string of the molecule is C=CCCCCCCCC(I)C(=O)C(C)C. The standard InChI is InChI=1S/C14H25IO/c1-4-5-6-7-8-9-10-11-13(15)14(16)12(2)3/h4,12-13H,1,5-11H2,2-3H3. The quantitative estimate of drug-likeness (QED) is 0.239. The highest BCUT2D eigenvalue weighted by atomic mass is 127. The molecule has 1 unspecified atom stereocenters. The third-order valence-corrected chi connectivity index (χ3v) is 3.98.